The van der Waals surface area contributed by atoms with Crippen LogP contribution in [0, 0.1) is 6.92 Å². The topological polar surface area (TPSA) is 100 Å². The number of aromatic nitrogens is 3. The summed E-state index contributed by atoms with van der Waals surface area (Å²) in [6.07, 6.45) is 0.394. The van der Waals surface area contributed by atoms with E-state index in [1.54, 1.807) is 55.5 Å². The molecule has 0 fully saturated rings. The minimum atomic E-state index is -3.91. The van der Waals surface area contributed by atoms with Gasteiger partial charge in [-0.25, -0.2) is 22.2 Å². The van der Waals surface area contributed by atoms with E-state index in [0.29, 0.717) is 16.4 Å². The lowest BCUT2D eigenvalue weighted by molar-refractivity contribution is 0.101. The van der Waals surface area contributed by atoms with Crippen molar-refractivity contribution in [2.24, 2.45) is 0 Å². The summed E-state index contributed by atoms with van der Waals surface area (Å²) in [5.41, 5.74) is 2.04. The molecule has 0 aliphatic carbocycles. The highest BCUT2D eigenvalue weighted by Crippen LogP contribution is 2.31. The number of para-hydroxylation sites is 1. The zero-order chi connectivity index (χ0) is 20.6. The smallest absolute Gasteiger partial charge is 0.434 e. The summed E-state index contributed by atoms with van der Waals surface area (Å²) in [7, 11) is -3.91. The summed E-state index contributed by atoms with van der Waals surface area (Å²) in [4.78, 5) is 19.9. The quantitative estimate of drug-likeness (QED) is 0.472. The van der Waals surface area contributed by atoms with E-state index in [1.807, 2.05) is 6.92 Å². The first kappa shape index (κ1) is 18.9. The SMILES string of the molecule is CCOC(=O)Oc1ncc2c(n1)c1ccccc1n2S(=O)(=O)c1ccc(C)cc1. The minimum Gasteiger partial charge on any atom is -0.434 e. The van der Waals surface area contributed by atoms with Crippen LogP contribution in [0.25, 0.3) is 21.9 Å². The number of carbonyl (C=O) groups is 1. The van der Waals surface area contributed by atoms with Gasteiger partial charge in [-0.1, -0.05) is 35.9 Å². The molecule has 29 heavy (non-hydrogen) atoms. The van der Waals surface area contributed by atoms with Crippen LogP contribution in [0.4, 0.5) is 4.79 Å². The monoisotopic (exact) mass is 411 g/mol. The average molecular weight is 411 g/mol. The van der Waals surface area contributed by atoms with Crippen LogP contribution in [0.3, 0.4) is 0 Å². The van der Waals surface area contributed by atoms with E-state index < -0.39 is 16.2 Å². The van der Waals surface area contributed by atoms with Crippen LogP contribution in [0.1, 0.15) is 12.5 Å². The molecule has 2 heterocycles. The van der Waals surface area contributed by atoms with Crippen LogP contribution in [0.15, 0.2) is 59.6 Å². The van der Waals surface area contributed by atoms with Gasteiger partial charge in [0.05, 0.1) is 23.2 Å². The first-order valence-corrected chi connectivity index (χ1v) is 10.3. The number of rotatable bonds is 4. The van der Waals surface area contributed by atoms with E-state index in [1.165, 1.54) is 10.2 Å². The van der Waals surface area contributed by atoms with Gasteiger partial charge in [0.2, 0.25) is 0 Å². The number of ether oxygens (including phenoxy) is 2. The Balaban J connectivity index is 1.94. The third-order valence-corrected chi connectivity index (χ3v) is 6.08. The Kier molecular flexibility index (Phi) is 4.67. The van der Waals surface area contributed by atoms with E-state index in [-0.39, 0.29) is 23.0 Å². The zero-order valence-electron chi connectivity index (χ0n) is 15.7. The fourth-order valence-corrected chi connectivity index (χ4v) is 4.53. The number of carbonyl (C=O) groups excluding carboxylic acids is 1. The van der Waals surface area contributed by atoms with Crippen molar-refractivity contribution >= 4 is 38.1 Å². The van der Waals surface area contributed by atoms with Crippen LogP contribution < -0.4 is 4.74 Å². The Morgan fingerprint density at radius 1 is 1.07 bits per heavy atom. The second-order valence-corrected chi connectivity index (χ2v) is 8.06. The Labute approximate surface area is 166 Å². The number of fused-ring (bicyclic) bond motifs is 3. The number of hydrogen-bond acceptors (Lipinski definition) is 7. The highest BCUT2D eigenvalue weighted by Gasteiger charge is 2.24. The van der Waals surface area contributed by atoms with Gasteiger partial charge in [-0.3, -0.25) is 0 Å². The maximum Gasteiger partial charge on any atom is 0.516 e. The standard InChI is InChI=1S/C20H17N3O5S/c1-3-27-20(24)28-19-21-12-17-18(22-19)15-6-4-5-7-16(15)23(17)29(25,26)14-10-8-13(2)9-11-14/h4-12H,3H2,1-2H3. The first-order valence-electron chi connectivity index (χ1n) is 8.85. The zero-order valence-corrected chi connectivity index (χ0v) is 16.5. The van der Waals surface area contributed by atoms with Crippen molar-refractivity contribution in [1.29, 1.82) is 0 Å². The van der Waals surface area contributed by atoms with Gasteiger partial charge in [-0.05, 0) is 32.0 Å². The van der Waals surface area contributed by atoms with Gasteiger partial charge in [0, 0.05) is 5.39 Å². The van der Waals surface area contributed by atoms with Crippen molar-refractivity contribution in [3.8, 4) is 6.01 Å². The van der Waals surface area contributed by atoms with Gasteiger partial charge >= 0.3 is 12.2 Å². The van der Waals surface area contributed by atoms with Gasteiger partial charge < -0.3 is 9.47 Å². The van der Waals surface area contributed by atoms with E-state index in [9.17, 15) is 13.2 Å². The summed E-state index contributed by atoms with van der Waals surface area (Å²) in [6, 6.07) is 13.3. The fraction of sp³-hybridized carbons (Fsp3) is 0.150. The predicted molar refractivity (Wildman–Crippen MR) is 106 cm³/mol. The molecule has 0 amide bonds. The van der Waals surface area contributed by atoms with Crippen molar-refractivity contribution in [3.63, 3.8) is 0 Å². The number of nitrogens with zero attached hydrogens (tertiary/aromatic N) is 3. The molecule has 0 N–H and O–H groups in total. The molecule has 9 heteroatoms. The highest BCUT2D eigenvalue weighted by atomic mass is 32.2. The van der Waals surface area contributed by atoms with Gasteiger partial charge in [0.25, 0.3) is 10.0 Å². The van der Waals surface area contributed by atoms with Crippen LogP contribution in [0.5, 0.6) is 6.01 Å². The molecule has 0 radical (unpaired) electrons. The van der Waals surface area contributed by atoms with Gasteiger partial charge in [-0.15, -0.1) is 0 Å². The molecule has 0 unspecified atom stereocenters. The van der Waals surface area contributed by atoms with E-state index in [4.69, 9.17) is 9.47 Å². The Hall–Kier alpha value is -3.46. The van der Waals surface area contributed by atoms with E-state index in [2.05, 4.69) is 9.97 Å². The van der Waals surface area contributed by atoms with Crippen molar-refractivity contribution in [2.45, 2.75) is 18.7 Å². The molecular formula is C20H17N3O5S. The molecule has 4 aromatic rings. The van der Waals surface area contributed by atoms with Crippen LogP contribution in [-0.4, -0.2) is 35.1 Å². The van der Waals surface area contributed by atoms with E-state index >= 15 is 0 Å². The number of benzene rings is 2. The van der Waals surface area contributed by atoms with Crippen molar-refractivity contribution in [1.82, 2.24) is 13.9 Å². The molecule has 0 aliphatic heterocycles. The van der Waals surface area contributed by atoms with Gasteiger partial charge in [-0.2, -0.15) is 4.98 Å². The van der Waals surface area contributed by atoms with Crippen LogP contribution in [0.2, 0.25) is 0 Å². The molecule has 8 nitrogen and oxygen atoms in total. The maximum atomic E-state index is 13.4. The van der Waals surface area contributed by atoms with Crippen molar-refractivity contribution in [2.75, 3.05) is 6.61 Å². The molecular weight excluding hydrogens is 394 g/mol. The van der Waals surface area contributed by atoms with Gasteiger partial charge in [0.15, 0.2) is 0 Å². The molecule has 0 aliphatic rings. The summed E-state index contributed by atoms with van der Waals surface area (Å²) < 4.78 is 37.7. The molecule has 2 aromatic heterocycles. The lowest BCUT2D eigenvalue weighted by Crippen LogP contribution is -2.14. The molecule has 2 aromatic carbocycles. The predicted octanol–water partition coefficient (Wildman–Crippen LogP) is 3.67. The van der Waals surface area contributed by atoms with E-state index in [0.717, 1.165) is 5.56 Å². The third kappa shape index (κ3) is 3.29. The molecule has 0 saturated carbocycles. The summed E-state index contributed by atoms with van der Waals surface area (Å²) in [5.74, 6) is 0. The van der Waals surface area contributed by atoms with Gasteiger partial charge in [0.1, 0.15) is 11.0 Å². The average Bonchev–Trinajstić information content (AvgIpc) is 3.03. The van der Waals surface area contributed by atoms with Crippen molar-refractivity contribution in [3.05, 3.63) is 60.3 Å². The largest absolute Gasteiger partial charge is 0.516 e. The first-order chi connectivity index (χ1) is 13.9. The molecule has 0 saturated heterocycles. The number of hydrogen-bond donors (Lipinski definition) is 0. The Morgan fingerprint density at radius 3 is 2.52 bits per heavy atom. The highest BCUT2D eigenvalue weighted by molar-refractivity contribution is 7.90. The summed E-state index contributed by atoms with van der Waals surface area (Å²) in [6.45, 7) is 3.68. The Morgan fingerprint density at radius 2 is 1.79 bits per heavy atom. The maximum absolute atomic E-state index is 13.4. The van der Waals surface area contributed by atoms with Crippen molar-refractivity contribution < 1.29 is 22.7 Å². The lowest BCUT2D eigenvalue weighted by atomic mass is 10.2. The summed E-state index contributed by atoms with van der Waals surface area (Å²) in [5, 5.41) is 0.592. The minimum absolute atomic E-state index is 0.148. The fourth-order valence-electron chi connectivity index (χ4n) is 3.03. The lowest BCUT2D eigenvalue weighted by Gasteiger charge is -2.09. The molecule has 0 bridgehead atoms. The third-order valence-electron chi connectivity index (χ3n) is 4.34. The molecule has 148 valence electrons. The number of aryl methyl sites for hydroxylation is 1. The Bertz CT molecular complexity index is 1330. The second kappa shape index (κ2) is 7.17. The summed E-state index contributed by atoms with van der Waals surface area (Å²) >= 11 is 0. The normalized spacial score (nSPS) is 11.7. The molecule has 0 spiro atoms. The molecule has 4 rings (SSSR count). The second-order valence-electron chi connectivity index (χ2n) is 6.27. The van der Waals surface area contributed by atoms with Crippen LogP contribution >= 0.6 is 0 Å². The van der Waals surface area contributed by atoms with Crippen LogP contribution in [-0.2, 0) is 14.8 Å². The molecule has 0 atom stereocenters.